The molecule has 0 heterocycles. The summed E-state index contributed by atoms with van der Waals surface area (Å²) >= 11 is 5.66. The summed E-state index contributed by atoms with van der Waals surface area (Å²) in [5, 5.41) is -0.0280. The van der Waals surface area contributed by atoms with Gasteiger partial charge in [0.2, 0.25) is 0 Å². The predicted octanol–water partition coefficient (Wildman–Crippen LogP) is 4.06. The number of nitrogens with two attached hydrogens (primary N) is 1. The number of carbonyl (C=O) groups excluding carboxylic acids is 1. The van der Waals surface area contributed by atoms with Crippen LogP contribution in [0.2, 0.25) is 5.02 Å². The van der Waals surface area contributed by atoms with Crippen LogP contribution in [0.25, 0.3) is 0 Å². The zero-order valence-corrected chi connectivity index (χ0v) is 10.9. The number of anilines is 1. The first-order chi connectivity index (χ1) is 8.97. The van der Waals surface area contributed by atoms with Crippen LogP contribution in [0.3, 0.4) is 0 Å². The van der Waals surface area contributed by atoms with E-state index in [1.165, 1.54) is 31.2 Å². The van der Waals surface area contributed by atoms with Crippen molar-refractivity contribution in [1.29, 1.82) is 0 Å². The maximum absolute atomic E-state index is 13.0. The van der Waals surface area contributed by atoms with Gasteiger partial charge in [-0.2, -0.15) is 0 Å². The zero-order chi connectivity index (χ0) is 14.0. The Labute approximate surface area is 114 Å². The molecule has 0 fully saturated rings. The Morgan fingerprint density at radius 1 is 1.21 bits per heavy atom. The molecule has 0 bridgehead atoms. The van der Waals surface area contributed by atoms with Gasteiger partial charge in [-0.15, -0.1) is 0 Å². The fraction of sp³-hybridized carbons (Fsp3) is 0.0714. The first-order valence-corrected chi connectivity index (χ1v) is 5.88. The molecule has 0 aliphatic heterocycles. The quantitative estimate of drug-likeness (QED) is 0.681. The average Bonchev–Trinajstić information content (AvgIpc) is 2.36. The second kappa shape index (κ2) is 5.28. The smallest absolute Gasteiger partial charge is 0.162 e. The first kappa shape index (κ1) is 13.4. The lowest BCUT2D eigenvalue weighted by molar-refractivity contribution is 0.101. The Morgan fingerprint density at radius 3 is 2.47 bits per heavy atom. The maximum atomic E-state index is 13.0. The number of rotatable bonds is 3. The average molecular weight is 280 g/mol. The van der Waals surface area contributed by atoms with Gasteiger partial charge in [0.25, 0.3) is 0 Å². The van der Waals surface area contributed by atoms with E-state index in [4.69, 9.17) is 22.1 Å². The van der Waals surface area contributed by atoms with Gasteiger partial charge in [0, 0.05) is 17.3 Å². The van der Waals surface area contributed by atoms with Crippen LogP contribution in [0, 0.1) is 5.82 Å². The van der Waals surface area contributed by atoms with Crippen molar-refractivity contribution in [1.82, 2.24) is 0 Å². The van der Waals surface area contributed by atoms with Gasteiger partial charge in [-0.3, -0.25) is 4.79 Å². The van der Waals surface area contributed by atoms with E-state index >= 15 is 0 Å². The second-order valence-corrected chi connectivity index (χ2v) is 4.39. The lowest BCUT2D eigenvalue weighted by atomic mass is 10.1. The zero-order valence-electron chi connectivity index (χ0n) is 10.1. The van der Waals surface area contributed by atoms with Gasteiger partial charge in [-0.1, -0.05) is 11.6 Å². The summed E-state index contributed by atoms with van der Waals surface area (Å²) in [4.78, 5) is 11.4. The molecule has 0 unspecified atom stereocenters. The van der Waals surface area contributed by atoms with Crippen molar-refractivity contribution >= 4 is 23.1 Å². The Bertz CT molecular complexity index is 643. The van der Waals surface area contributed by atoms with E-state index in [0.29, 0.717) is 22.7 Å². The van der Waals surface area contributed by atoms with E-state index in [0.717, 1.165) is 0 Å². The number of hydrogen-bond donors (Lipinski definition) is 1. The molecule has 0 radical (unpaired) electrons. The lowest BCUT2D eigenvalue weighted by Crippen LogP contribution is -1.99. The summed E-state index contributed by atoms with van der Waals surface area (Å²) in [6, 6.07) is 8.76. The summed E-state index contributed by atoms with van der Waals surface area (Å²) in [7, 11) is 0. The van der Waals surface area contributed by atoms with E-state index in [2.05, 4.69) is 0 Å². The van der Waals surface area contributed by atoms with Crippen LogP contribution in [0.1, 0.15) is 17.3 Å². The topological polar surface area (TPSA) is 52.3 Å². The molecule has 0 spiro atoms. The Hall–Kier alpha value is -2.07. The normalized spacial score (nSPS) is 10.3. The minimum atomic E-state index is -0.518. The van der Waals surface area contributed by atoms with Crippen LogP contribution < -0.4 is 10.5 Å². The van der Waals surface area contributed by atoms with Crippen LogP contribution in [0.5, 0.6) is 11.5 Å². The van der Waals surface area contributed by atoms with Gasteiger partial charge in [-0.05, 0) is 37.3 Å². The third-order valence-corrected chi connectivity index (χ3v) is 2.82. The number of halogens is 2. The van der Waals surface area contributed by atoms with Crippen molar-refractivity contribution in [2.75, 3.05) is 5.73 Å². The van der Waals surface area contributed by atoms with Gasteiger partial charge >= 0.3 is 0 Å². The molecule has 19 heavy (non-hydrogen) atoms. The summed E-state index contributed by atoms with van der Waals surface area (Å²) in [5.74, 6) is 0.142. The van der Waals surface area contributed by atoms with Gasteiger partial charge in [0.1, 0.15) is 17.3 Å². The summed E-state index contributed by atoms with van der Waals surface area (Å²) < 4.78 is 18.5. The van der Waals surface area contributed by atoms with E-state index in [9.17, 15) is 9.18 Å². The molecule has 5 heteroatoms. The molecule has 0 saturated heterocycles. The summed E-state index contributed by atoms with van der Waals surface area (Å²) in [6.45, 7) is 1.42. The fourth-order valence-corrected chi connectivity index (χ4v) is 1.75. The number of nitrogen functional groups attached to an aromatic ring is 1. The van der Waals surface area contributed by atoms with E-state index < -0.39 is 5.82 Å². The molecular weight excluding hydrogens is 269 g/mol. The monoisotopic (exact) mass is 279 g/mol. The number of hydrogen-bond acceptors (Lipinski definition) is 3. The Kier molecular flexibility index (Phi) is 3.71. The third kappa shape index (κ3) is 3.03. The van der Waals surface area contributed by atoms with Crippen molar-refractivity contribution in [3.8, 4) is 11.5 Å². The highest BCUT2D eigenvalue weighted by Crippen LogP contribution is 2.28. The van der Waals surface area contributed by atoms with Crippen LogP contribution >= 0.6 is 11.6 Å². The number of ether oxygens (including phenoxy) is 1. The van der Waals surface area contributed by atoms with Crippen LogP contribution in [-0.2, 0) is 0 Å². The number of carbonyl (C=O) groups is 1. The molecule has 3 nitrogen and oxygen atoms in total. The number of ketones is 1. The van der Waals surface area contributed by atoms with Gasteiger partial charge in [0.05, 0.1) is 5.02 Å². The van der Waals surface area contributed by atoms with Crippen LogP contribution in [0.4, 0.5) is 10.1 Å². The highest BCUT2D eigenvalue weighted by Gasteiger charge is 2.08. The standard InChI is InChI=1S/C14H11ClFNO2/c1-8(18)11-6-9(3-5-14(11)17)19-10-2-4-13(16)12(15)7-10/h2-7H,17H2,1H3. The fourth-order valence-electron chi connectivity index (χ4n) is 1.58. The SMILES string of the molecule is CC(=O)c1cc(Oc2ccc(F)c(Cl)c2)ccc1N. The van der Waals surface area contributed by atoms with Crippen LogP contribution in [0.15, 0.2) is 36.4 Å². The van der Waals surface area contributed by atoms with Gasteiger partial charge in [-0.25, -0.2) is 4.39 Å². The highest BCUT2D eigenvalue weighted by atomic mass is 35.5. The summed E-state index contributed by atoms with van der Waals surface area (Å²) in [5.41, 5.74) is 6.45. The Morgan fingerprint density at radius 2 is 1.84 bits per heavy atom. The molecule has 0 atom stereocenters. The van der Waals surface area contributed by atoms with Crippen LogP contribution in [-0.4, -0.2) is 5.78 Å². The first-order valence-electron chi connectivity index (χ1n) is 5.51. The molecular formula is C14H11ClFNO2. The van der Waals surface area contributed by atoms with E-state index in [1.807, 2.05) is 0 Å². The van der Waals surface area contributed by atoms with Crippen molar-refractivity contribution in [3.63, 3.8) is 0 Å². The molecule has 0 amide bonds. The molecule has 98 valence electrons. The molecule has 2 aromatic rings. The van der Waals surface area contributed by atoms with Gasteiger partial charge < -0.3 is 10.5 Å². The molecule has 2 rings (SSSR count). The minimum Gasteiger partial charge on any atom is -0.457 e. The third-order valence-electron chi connectivity index (χ3n) is 2.53. The predicted molar refractivity (Wildman–Crippen MR) is 72.3 cm³/mol. The molecule has 0 aliphatic rings. The maximum Gasteiger partial charge on any atom is 0.162 e. The second-order valence-electron chi connectivity index (χ2n) is 3.98. The van der Waals surface area contributed by atoms with Crippen molar-refractivity contribution < 1.29 is 13.9 Å². The molecule has 2 N–H and O–H groups in total. The highest BCUT2D eigenvalue weighted by molar-refractivity contribution is 6.30. The van der Waals surface area contributed by atoms with E-state index in [-0.39, 0.29) is 10.8 Å². The molecule has 0 saturated carbocycles. The van der Waals surface area contributed by atoms with Crippen molar-refractivity contribution in [2.45, 2.75) is 6.92 Å². The van der Waals surface area contributed by atoms with Crippen molar-refractivity contribution in [3.05, 3.63) is 52.8 Å². The molecule has 0 aromatic heterocycles. The minimum absolute atomic E-state index is 0.0280. The molecule has 0 aliphatic carbocycles. The Balaban J connectivity index is 2.30. The van der Waals surface area contributed by atoms with Gasteiger partial charge in [0.15, 0.2) is 5.78 Å². The number of Topliss-reactive ketones (excluding diaryl/α,β-unsaturated/α-hetero) is 1. The largest absolute Gasteiger partial charge is 0.457 e. The molecule has 2 aromatic carbocycles. The van der Waals surface area contributed by atoms with Crippen molar-refractivity contribution in [2.24, 2.45) is 0 Å². The summed E-state index contributed by atoms with van der Waals surface area (Å²) in [6.07, 6.45) is 0. The lowest BCUT2D eigenvalue weighted by Gasteiger charge is -2.09. The van der Waals surface area contributed by atoms with E-state index in [1.54, 1.807) is 12.1 Å². The number of benzene rings is 2.